The Hall–Kier alpha value is -2.27. The van der Waals surface area contributed by atoms with Crippen molar-refractivity contribution in [3.63, 3.8) is 0 Å². The molecule has 6 atom stereocenters. The van der Waals surface area contributed by atoms with Gasteiger partial charge in [-0.1, -0.05) is 54.2 Å². The first kappa shape index (κ1) is 20.6. The van der Waals surface area contributed by atoms with Gasteiger partial charge in [0.1, 0.15) is 6.10 Å². The van der Waals surface area contributed by atoms with E-state index in [1.165, 1.54) is 17.3 Å². The Kier molecular flexibility index (Phi) is 5.55. The Morgan fingerprint density at radius 2 is 1.94 bits per heavy atom. The van der Waals surface area contributed by atoms with Gasteiger partial charge in [0.05, 0.1) is 12.1 Å². The van der Waals surface area contributed by atoms with Crippen LogP contribution in [0.1, 0.15) is 37.3 Å². The third-order valence-corrected chi connectivity index (χ3v) is 6.97. The van der Waals surface area contributed by atoms with Gasteiger partial charge in [-0.25, -0.2) is 14.6 Å². The molecule has 0 radical (unpaired) electrons. The molecule has 31 heavy (non-hydrogen) atoms. The minimum absolute atomic E-state index is 0.192. The van der Waals surface area contributed by atoms with Crippen LogP contribution in [0.15, 0.2) is 35.5 Å². The zero-order chi connectivity index (χ0) is 21.5. The van der Waals surface area contributed by atoms with E-state index < -0.39 is 24.2 Å². The largest absolute Gasteiger partial charge is 0.396 e. The van der Waals surface area contributed by atoms with E-state index in [0.717, 1.165) is 12.2 Å². The number of hydrogen-bond donors (Lipinski definition) is 4. The second-order valence-electron chi connectivity index (χ2n) is 8.22. The fourth-order valence-electron chi connectivity index (χ4n) is 4.45. The molecule has 2 saturated carbocycles. The predicted octanol–water partition coefficient (Wildman–Crippen LogP) is 1.58. The standard InChI is InChI=1S/C21H26N6O3S/c1-2-31-21-23-19(22-14-9-13(14)11-6-4-3-5-7-11)16-20(24-21)27(26-25-16)15-8-12(10-28)17(29)18(15)30/h3-7,12-15,17-18,28-30H,2,8-10H2,1H3,(H,22,23,24)/t12-,13?,14?,15-,17-,18+/m1/s1. The van der Waals surface area contributed by atoms with Crippen molar-refractivity contribution in [2.45, 2.75) is 55.1 Å². The number of fused-ring (bicyclic) bond motifs is 1. The lowest BCUT2D eigenvalue weighted by atomic mass is 10.1. The van der Waals surface area contributed by atoms with E-state index in [0.29, 0.717) is 34.5 Å². The molecule has 2 aliphatic carbocycles. The molecular weight excluding hydrogens is 416 g/mol. The molecule has 0 bridgehead atoms. The summed E-state index contributed by atoms with van der Waals surface area (Å²) in [5.41, 5.74) is 2.38. The van der Waals surface area contributed by atoms with Crippen molar-refractivity contribution in [2.24, 2.45) is 5.92 Å². The van der Waals surface area contributed by atoms with E-state index in [9.17, 15) is 15.3 Å². The van der Waals surface area contributed by atoms with Gasteiger partial charge < -0.3 is 20.6 Å². The van der Waals surface area contributed by atoms with E-state index in [-0.39, 0.29) is 12.6 Å². The van der Waals surface area contributed by atoms with Gasteiger partial charge in [-0.15, -0.1) is 5.10 Å². The SMILES string of the molecule is CCSc1nc(NC2CC2c2ccccc2)c2nnn([C@@H]3C[C@H](CO)[C@@H](O)[C@H]3O)c2n1. The first-order valence-electron chi connectivity index (χ1n) is 10.6. The van der Waals surface area contributed by atoms with E-state index in [4.69, 9.17) is 0 Å². The molecule has 0 saturated heterocycles. The Morgan fingerprint density at radius 3 is 2.65 bits per heavy atom. The van der Waals surface area contributed by atoms with E-state index >= 15 is 0 Å². The molecule has 0 spiro atoms. The Balaban J connectivity index is 1.47. The number of nitrogens with one attached hydrogen (secondary N) is 1. The van der Waals surface area contributed by atoms with Crippen LogP contribution < -0.4 is 5.32 Å². The van der Waals surface area contributed by atoms with Gasteiger partial charge in [0.2, 0.25) is 0 Å². The van der Waals surface area contributed by atoms with Crippen LogP contribution in [-0.4, -0.2) is 70.9 Å². The zero-order valence-corrected chi connectivity index (χ0v) is 18.0. The quantitative estimate of drug-likeness (QED) is 0.318. The van der Waals surface area contributed by atoms with Crippen molar-refractivity contribution in [3.8, 4) is 0 Å². The lowest BCUT2D eigenvalue weighted by molar-refractivity contribution is -0.00512. The van der Waals surface area contributed by atoms with E-state index in [1.54, 1.807) is 4.68 Å². The molecule has 4 N–H and O–H groups in total. The van der Waals surface area contributed by atoms with Gasteiger partial charge in [0, 0.05) is 24.5 Å². The van der Waals surface area contributed by atoms with Crippen LogP contribution in [0.2, 0.25) is 0 Å². The zero-order valence-electron chi connectivity index (χ0n) is 17.2. The van der Waals surface area contributed by atoms with E-state index in [1.807, 2.05) is 13.0 Å². The van der Waals surface area contributed by atoms with Crippen LogP contribution in [0.3, 0.4) is 0 Å². The summed E-state index contributed by atoms with van der Waals surface area (Å²) in [5.74, 6) is 1.49. The van der Waals surface area contributed by atoms with Crippen LogP contribution in [-0.2, 0) is 0 Å². The molecule has 3 aromatic rings. The van der Waals surface area contributed by atoms with Crippen molar-refractivity contribution in [3.05, 3.63) is 35.9 Å². The van der Waals surface area contributed by atoms with Crippen LogP contribution in [0, 0.1) is 5.92 Å². The topological polar surface area (TPSA) is 129 Å². The maximum absolute atomic E-state index is 10.5. The molecule has 2 aromatic heterocycles. The number of nitrogens with zero attached hydrogens (tertiary/aromatic N) is 5. The molecule has 2 heterocycles. The average Bonchev–Trinajstić information content (AvgIpc) is 3.33. The summed E-state index contributed by atoms with van der Waals surface area (Å²) < 4.78 is 1.58. The van der Waals surface area contributed by atoms with Crippen molar-refractivity contribution in [2.75, 3.05) is 17.7 Å². The maximum Gasteiger partial charge on any atom is 0.191 e. The van der Waals surface area contributed by atoms with Gasteiger partial charge in [-0.2, -0.15) is 0 Å². The van der Waals surface area contributed by atoms with Gasteiger partial charge >= 0.3 is 0 Å². The molecule has 5 rings (SSSR count). The lowest BCUT2D eigenvalue weighted by Gasteiger charge is -2.17. The number of anilines is 1. The van der Waals surface area contributed by atoms with Crippen LogP contribution in [0.4, 0.5) is 5.82 Å². The predicted molar refractivity (Wildman–Crippen MR) is 117 cm³/mol. The van der Waals surface area contributed by atoms with Crippen LogP contribution in [0.5, 0.6) is 0 Å². The normalized spacial score (nSPS) is 30.1. The van der Waals surface area contributed by atoms with Crippen molar-refractivity contribution in [1.29, 1.82) is 0 Å². The fraction of sp³-hybridized carbons (Fsp3) is 0.524. The smallest absolute Gasteiger partial charge is 0.191 e. The fourth-order valence-corrected chi connectivity index (χ4v) is 5.01. The van der Waals surface area contributed by atoms with E-state index in [2.05, 4.69) is 49.9 Å². The number of benzene rings is 1. The van der Waals surface area contributed by atoms with Gasteiger partial charge in [-0.3, -0.25) is 0 Å². The highest BCUT2D eigenvalue weighted by Crippen LogP contribution is 2.43. The first-order chi connectivity index (χ1) is 15.1. The molecule has 10 heteroatoms. The summed E-state index contributed by atoms with van der Waals surface area (Å²) >= 11 is 1.53. The third-order valence-electron chi connectivity index (χ3n) is 6.24. The highest BCUT2D eigenvalue weighted by atomic mass is 32.2. The maximum atomic E-state index is 10.5. The lowest BCUT2D eigenvalue weighted by Crippen LogP contribution is -2.30. The molecule has 0 amide bonds. The van der Waals surface area contributed by atoms with Crippen molar-refractivity contribution >= 4 is 28.7 Å². The minimum atomic E-state index is -1.04. The third kappa shape index (κ3) is 3.78. The monoisotopic (exact) mass is 442 g/mol. The highest BCUT2D eigenvalue weighted by Gasteiger charge is 2.44. The number of rotatable bonds is 7. The molecule has 2 fully saturated rings. The highest BCUT2D eigenvalue weighted by molar-refractivity contribution is 7.99. The van der Waals surface area contributed by atoms with Gasteiger partial charge in [0.25, 0.3) is 0 Å². The molecule has 2 unspecified atom stereocenters. The Morgan fingerprint density at radius 1 is 1.13 bits per heavy atom. The summed E-state index contributed by atoms with van der Waals surface area (Å²) in [6.07, 6.45) is -0.622. The summed E-state index contributed by atoms with van der Waals surface area (Å²) in [5, 5.41) is 43.0. The molecule has 0 aliphatic heterocycles. The first-order valence-corrected chi connectivity index (χ1v) is 11.6. The number of aromatic nitrogens is 5. The summed E-state index contributed by atoms with van der Waals surface area (Å²) in [7, 11) is 0. The Bertz CT molecular complexity index is 1060. The number of thioether (sulfide) groups is 1. The summed E-state index contributed by atoms with van der Waals surface area (Å²) in [6.45, 7) is 1.85. The van der Waals surface area contributed by atoms with Crippen LogP contribution in [0.25, 0.3) is 11.2 Å². The summed E-state index contributed by atoms with van der Waals surface area (Å²) in [6, 6.07) is 10.2. The molecular formula is C21H26N6O3S. The minimum Gasteiger partial charge on any atom is -0.396 e. The summed E-state index contributed by atoms with van der Waals surface area (Å²) in [4.78, 5) is 9.32. The van der Waals surface area contributed by atoms with Crippen molar-refractivity contribution in [1.82, 2.24) is 25.0 Å². The van der Waals surface area contributed by atoms with Crippen LogP contribution >= 0.6 is 11.8 Å². The molecule has 9 nitrogen and oxygen atoms in total. The van der Waals surface area contributed by atoms with Gasteiger partial charge in [0.15, 0.2) is 22.1 Å². The van der Waals surface area contributed by atoms with Gasteiger partial charge in [-0.05, 0) is 24.2 Å². The molecule has 164 valence electrons. The number of aliphatic hydroxyl groups excluding tert-OH is 3. The second-order valence-corrected chi connectivity index (χ2v) is 9.46. The Labute approximate surface area is 183 Å². The average molecular weight is 443 g/mol. The second kappa shape index (κ2) is 8.34. The number of hydrogen-bond acceptors (Lipinski definition) is 9. The number of aliphatic hydroxyl groups is 3. The molecule has 2 aliphatic rings. The van der Waals surface area contributed by atoms with Crippen molar-refractivity contribution < 1.29 is 15.3 Å². The molecule has 1 aromatic carbocycles.